The second-order valence-electron chi connectivity index (χ2n) is 14.2. The number of anilines is 1. The van der Waals surface area contributed by atoms with Gasteiger partial charge in [-0.2, -0.15) is 0 Å². The summed E-state index contributed by atoms with van der Waals surface area (Å²) in [6, 6.07) is 17.5. The molecule has 2 aliphatic heterocycles. The molecular weight excluding hydrogens is 842 g/mol. The zero-order valence-electron chi connectivity index (χ0n) is 33.9. The first-order valence-electron chi connectivity index (χ1n) is 20.0. The summed E-state index contributed by atoms with van der Waals surface area (Å²) in [7, 11) is 0. The number of carboxylic acid groups (broad SMARTS) is 1. The summed E-state index contributed by atoms with van der Waals surface area (Å²) in [6.45, 7) is 4.07. The lowest BCUT2D eigenvalue weighted by molar-refractivity contribution is -0.136. The number of nitrogen functional groups attached to an aromatic ring is 1. The highest BCUT2D eigenvalue weighted by molar-refractivity contribution is 6.33. The number of rotatable bonds is 20. The van der Waals surface area contributed by atoms with Gasteiger partial charge in [0.05, 0.1) is 73.3 Å². The zero-order valence-corrected chi connectivity index (χ0v) is 34.7. The van der Waals surface area contributed by atoms with Gasteiger partial charge < -0.3 is 43.7 Å². The number of hydrogen-bond donors (Lipinski definition) is 3. The number of imide groups is 2. The lowest BCUT2D eigenvalue weighted by Crippen LogP contribution is -2.54. The number of carboxylic acids is 1. The number of piperidine rings is 1. The Labute approximate surface area is 364 Å². The Hall–Kier alpha value is -6.79. The fourth-order valence-corrected chi connectivity index (χ4v) is 7.37. The zero-order chi connectivity index (χ0) is 44.6. The van der Waals surface area contributed by atoms with Gasteiger partial charge in [-0.15, -0.1) is 0 Å². The standard InChI is InChI=1S/C45H42ClN3O14/c1-2-60-37-24-39-32(22-31(37)25-18-26(45(55)56)20-27(47)19-25)35(50)23-38(63-39)29-7-6-28(21-33(29)46)61-16-14-58-12-10-57-11-13-59-15-17-62-36-5-3-4-30-41(36)44(54)49(43(30)53)34-8-9-40(51)48-42(34)52/h3-7,18-24,34H,2,8-17,47H2,1H3,(H,55,56)(H,48,51,52). The monoisotopic (exact) mass is 883 g/mol. The molecule has 1 atom stereocenters. The summed E-state index contributed by atoms with van der Waals surface area (Å²) in [5.74, 6) is -2.25. The average molecular weight is 884 g/mol. The summed E-state index contributed by atoms with van der Waals surface area (Å²) in [5, 5.41) is 12.3. The summed E-state index contributed by atoms with van der Waals surface area (Å²) in [4.78, 5) is 76.0. The average Bonchev–Trinajstić information content (AvgIpc) is 3.51. The SMILES string of the molecule is CCOc1cc2oc(-c3ccc(OCCOCCOCCOCCOc4cccc5c4C(=O)N(C4CCC(=O)NC4=O)C5=O)cc3Cl)cc(=O)c2cc1-c1cc(N)cc(C(=O)O)c1. The summed E-state index contributed by atoms with van der Waals surface area (Å²) >= 11 is 6.62. The summed E-state index contributed by atoms with van der Waals surface area (Å²) in [6.07, 6.45) is 0.0892. The van der Waals surface area contributed by atoms with Crippen molar-refractivity contribution in [2.45, 2.75) is 25.8 Å². The largest absolute Gasteiger partial charge is 0.493 e. The predicted octanol–water partition coefficient (Wildman–Crippen LogP) is 5.37. The minimum atomic E-state index is -1.14. The molecule has 63 heavy (non-hydrogen) atoms. The van der Waals surface area contributed by atoms with Crippen molar-refractivity contribution in [3.8, 4) is 39.7 Å². The quantitative estimate of drug-likeness (QED) is 0.0507. The van der Waals surface area contributed by atoms with Crippen LogP contribution in [0, 0.1) is 0 Å². The summed E-state index contributed by atoms with van der Waals surface area (Å²) < 4.78 is 40.2. The molecular formula is C45H42ClN3O14. The fraction of sp³-hybridized carbons (Fsp3) is 0.289. The number of nitrogens with one attached hydrogen (secondary N) is 1. The molecule has 2 aliphatic rings. The van der Waals surface area contributed by atoms with E-state index in [-0.39, 0.29) is 101 Å². The van der Waals surface area contributed by atoms with E-state index in [1.165, 1.54) is 24.3 Å². The number of hydrogen-bond acceptors (Lipinski definition) is 14. The van der Waals surface area contributed by atoms with Gasteiger partial charge in [0.2, 0.25) is 11.8 Å². The molecule has 1 unspecified atom stereocenters. The van der Waals surface area contributed by atoms with Crippen LogP contribution in [0.25, 0.3) is 33.4 Å². The van der Waals surface area contributed by atoms with Gasteiger partial charge in [-0.25, -0.2) is 4.79 Å². The molecule has 18 heteroatoms. The van der Waals surface area contributed by atoms with Crippen LogP contribution in [0.1, 0.15) is 50.8 Å². The molecule has 4 amide bonds. The van der Waals surface area contributed by atoms with Crippen molar-refractivity contribution in [3.05, 3.63) is 105 Å². The van der Waals surface area contributed by atoms with Gasteiger partial charge in [-0.05, 0) is 73.5 Å². The molecule has 17 nitrogen and oxygen atoms in total. The third-order valence-corrected chi connectivity index (χ3v) is 10.3. The first kappa shape index (κ1) is 44.3. The third kappa shape index (κ3) is 10.1. The van der Waals surface area contributed by atoms with E-state index in [9.17, 15) is 33.9 Å². The molecule has 0 aliphatic carbocycles. The van der Waals surface area contributed by atoms with E-state index < -0.39 is 35.6 Å². The van der Waals surface area contributed by atoms with Crippen molar-refractivity contribution < 1.29 is 61.9 Å². The van der Waals surface area contributed by atoms with Crippen LogP contribution in [-0.2, 0) is 23.8 Å². The molecule has 0 spiro atoms. The molecule has 7 rings (SSSR count). The Kier molecular flexibility index (Phi) is 14.0. The van der Waals surface area contributed by atoms with Crippen molar-refractivity contribution in [1.29, 1.82) is 0 Å². The van der Waals surface area contributed by atoms with Crippen molar-refractivity contribution in [1.82, 2.24) is 10.2 Å². The van der Waals surface area contributed by atoms with Gasteiger partial charge in [0.15, 0.2) is 5.43 Å². The maximum Gasteiger partial charge on any atom is 0.335 e. The van der Waals surface area contributed by atoms with Crippen LogP contribution in [0.2, 0.25) is 5.02 Å². The van der Waals surface area contributed by atoms with Gasteiger partial charge >= 0.3 is 5.97 Å². The predicted molar refractivity (Wildman–Crippen MR) is 227 cm³/mol. The second kappa shape index (κ2) is 19.9. The number of halogens is 1. The Morgan fingerprint density at radius 3 is 2.19 bits per heavy atom. The Balaban J connectivity index is 0.813. The Morgan fingerprint density at radius 2 is 1.51 bits per heavy atom. The number of amides is 4. The van der Waals surface area contributed by atoms with E-state index in [1.807, 2.05) is 0 Å². The number of carbonyl (C=O) groups is 5. The van der Waals surface area contributed by atoms with Crippen molar-refractivity contribution in [3.63, 3.8) is 0 Å². The molecule has 3 heterocycles. The van der Waals surface area contributed by atoms with Crippen molar-refractivity contribution >= 4 is 57.9 Å². The molecule has 0 radical (unpaired) electrons. The summed E-state index contributed by atoms with van der Waals surface area (Å²) in [5.41, 5.74) is 7.76. The first-order valence-corrected chi connectivity index (χ1v) is 20.3. The molecule has 1 aromatic heterocycles. The van der Waals surface area contributed by atoms with Crippen LogP contribution < -0.4 is 30.7 Å². The van der Waals surface area contributed by atoms with Crippen LogP contribution in [0.5, 0.6) is 17.2 Å². The lowest BCUT2D eigenvalue weighted by Gasteiger charge is -2.27. The topological polar surface area (TPSA) is 232 Å². The highest BCUT2D eigenvalue weighted by Gasteiger charge is 2.46. The van der Waals surface area contributed by atoms with Crippen molar-refractivity contribution in [2.75, 3.05) is 65.2 Å². The number of aromatic carboxylic acids is 1. The highest BCUT2D eigenvalue weighted by atomic mass is 35.5. The molecule has 1 saturated heterocycles. The van der Waals surface area contributed by atoms with Crippen molar-refractivity contribution in [2.24, 2.45) is 0 Å². The van der Waals surface area contributed by atoms with Gasteiger partial charge in [-0.1, -0.05) is 17.7 Å². The van der Waals surface area contributed by atoms with E-state index in [4.69, 9.17) is 50.2 Å². The second-order valence-corrected chi connectivity index (χ2v) is 14.6. The van der Waals surface area contributed by atoms with Gasteiger partial charge in [-0.3, -0.25) is 34.2 Å². The van der Waals surface area contributed by atoms with E-state index in [2.05, 4.69) is 5.32 Å². The molecule has 1 fully saturated rings. The lowest BCUT2D eigenvalue weighted by atomic mass is 9.99. The smallest absolute Gasteiger partial charge is 0.335 e. The maximum absolute atomic E-state index is 13.4. The van der Waals surface area contributed by atoms with Gasteiger partial charge in [0, 0.05) is 35.4 Å². The number of benzene rings is 4. The molecule has 0 saturated carbocycles. The number of fused-ring (bicyclic) bond motifs is 2. The molecule has 4 N–H and O–H groups in total. The molecule has 4 aromatic carbocycles. The third-order valence-electron chi connectivity index (χ3n) is 10.0. The van der Waals surface area contributed by atoms with Crippen LogP contribution in [0.4, 0.5) is 5.69 Å². The van der Waals surface area contributed by atoms with Crippen LogP contribution in [0.3, 0.4) is 0 Å². The van der Waals surface area contributed by atoms with E-state index in [1.54, 1.807) is 55.5 Å². The van der Waals surface area contributed by atoms with Crippen LogP contribution >= 0.6 is 11.6 Å². The van der Waals surface area contributed by atoms with Crippen LogP contribution in [-0.4, -0.2) is 105 Å². The number of ether oxygens (including phenoxy) is 6. The first-order chi connectivity index (χ1) is 30.4. The highest BCUT2D eigenvalue weighted by Crippen LogP contribution is 2.38. The fourth-order valence-electron chi connectivity index (χ4n) is 7.11. The molecule has 328 valence electrons. The minimum Gasteiger partial charge on any atom is -0.493 e. The van der Waals surface area contributed by atoms with Gasteiger partial charge in [0.1, 0.15) is 47.8 Å². The van der Waals surface area contributed by atoms with E-state index >= 15 is 0 Å². The Bertz CT molecular complexity index is 2650. The number of carbonyl (C=O) groups excluding carboxylic acids is 4. The van der Waals surface area contributed by atoms with Crippen LogP contribution in [0.15, 0.2) is 82.0 Å². The normalized spacial score (nSPS) is 14.8. The number of nitrogens with zero attached hydrogens (tertiary/aromatic N) is 1. The van der Waals surface area contributed by atoms with E-state index in [0.717, 1.165) is 4.90 Å². The molecule has 0 bridgehead atoms. The number of nitrogens with two attached hydrogens (primary N) is 1. The van der Waals surface area contributed by atoms with E-state index in [0.29, 0.717) is 54.6 Å². The maximum atomic E-state index is 13.4. The molecule has 5 aromatic rings. The minimum absolute atomic E-state index is 0.00282. The Morgan fingerprint density at radius 1 is 0.794 bits per heavy atom. The van der Waals surface area contributed by atoms with Gasteiger partial charge in [0.25, 0.3) is 11.8 Å².